The molecule has 9 nitrogen and oxygen atoms in total. The molecule has 232 valence electrons. The summed E-state index contributed by atoms with van der Waals surface area (Å²) in [7, 11) is 0. The van der Waals surface area contributed by atoms with E-state index in [2.05, 4.69) is 5.10 Å². The molecule has 0 saturated carbocycles. The molecule has 1 saturated heterocycles. The standard InChI is InChI=1S/C32H27F4N5O4/c1-19(2)39-17-24(30(43)41(31(39)44)22-6-4-21(33)5-7-22)27(42)14-20-3-8-28(25(34)13-20)45-29-15-23(16-40-26(29)9-11-37-40)38-12-10-32(35,36)18-38/h3-9,11,13,15-17,19H,10,12,14,18H2,1-2H3. The van der Waals surface area contributed by atoms with Crippen molar-refractivity contribution < 1.29 is 27.1 Å². The van der Waals surface area contributed by atoms with Gasteiger partial charge in [-0.3, -0.25) is 14.2 Å². The third-order valence-electron chi connectivity index (χ3n) is 7.63. The fraction of sp³-hybridized carbons (Fsp3) is 0.250. The van der Waals surface area contributed by atoms with E-state index in [4.69, 9.17) is 4.74 Å². The summed E-state index contributed by atoms with van der Waals surface area (Å²) < 4.78 is 65.9. The molecule has 45 heavy (non-hydrogen) atoms. The van der Waals surface area contributed by atoms with Crippen molar-refractivity contribution in [1.29, 1.82) is 0 Å². The summed E-state index contributed by atoms with van der Waals surface area (Å²) in [6.45, 7) is 3.09. The third-order valence-corrected chi connectivity index (χ3v) is 7.63. The van der Waals surface area contributed by atoms with Crippen molar-refractivity contribution in [3.8, 4) is 17.2 Å². The zero-order valence-electron chi connectivity index (χ0n) is 24.2. The van der Waals surface area contributed by atoms with Crippen molar-refractivity contribution in [2.45, 2.75) is 38.7 Å². The Balaban J connectivity index is 1.28. The predicted molar refractivity (Wildman–Crippen MR) is 158 cm³/mol. The van der Waals surface area contributed by atoms with E-state index in [1.165, 1.54) is 50.6 Å². The molecule has 0 N–H and O–H groups in total. The Morgan fingerprint density at radius 2 is 1.73 bits per heavy atom. The maximum absolute atomic E-state index is 15.3. The minimum atomic E-state index is -2.82. The number of ketones is 1. The molecule has 0 aliphatic carbocycles. The number of aromatic nitrogens is 4. The monoisotopic (exact) mass is 621 g/mol. The van der Waals surface area contributed by atoms with Gasteiger partial charge in [0.25, 0.3) is 11.5 Å². The van der Waals surface area contributed by atoms with Crippen LogP contribution in [0.5, 0.6) is 11.5 Å². The topological polar surface area (TPSA) is 90.8 Å². The molecule has 1 fully saturated rings. The second kappa shape index (κ2) is 11.4. The molecule has 3 aromatic heterocycles. The van der Waals surface area contributed by atoms with Crippen LogP contribution in [-0.2, 0) is 6.42 Å². The molecule has 13 heteroatoms. The zero-order chi connectivity index (χ0) is 32.0. The molecule has 1 aliphatic rings. The average molecular weight is 622 g/mol. The van der Waals surface area contributed by atoms with Crippen LogP contribution in [0, 0.1) is 11.6 Å². The van der Waals surface area contributed by atoms with Crippen LogP contribution >= 0.6 is 0 Å². The van der Waals surface area contributed by atoms with Crippen LogP contribution in [0.2, 0.25) is 0 Å². The first kappa shape index (κ1) is 29.9. The summed E-state index contributed by atoms with van der Waals surface area (Å²) in [5, 5.41) is 4.17. The SMILES string of the molecule is CC(C)n1cc(C(=O)Cc2ccc(Oc3cc(N4CCC(F)(F)C4)cn4nccc34)c(F)c2)c(=O)n(-c2ccc(F)cc2)c1=O. The number of Topliss-reactive ketones (excluding diaryl/α,β-unsaturated/α-hetero) is 1. The lowest BCUT2D eigenvalue weighted by atomic mass is 10.0. The van der Waals surface area contributed by atoms with Crippen molar-refractivity contribution >= 4 is 17.0 Å². The van der Waals surface area contributed by atoms with E-state index in [0.717, 1.165) is 22.8 Å². The number of nitrogens with zero attached hydrogens (tertiary/aromatic N) is 5. The van der Waals surface area contributed by atoms with Crippen LogP contribution in [-0.4, -0.2) is 43.5 Å². The van der Waals surface area contributed by atoms with Crippen LogP contribution in [0.1, 0.15) is 42.2 Å². The Kier molecular flexibility index (Phi) is 7.55. The van der Waals surface area contributed by atoms with E-state index < -0.39 is 47.2 Å². The smallest absolute Gasteiger partial charge is 0.335 e. The van der Waals surface area contributed by atoms with Gasteiger partial charge in [0.05, 0.1) is 30.3 Å². The first-order chi connectivity index (χ1) is 21.4. The molecule has 1 aliphatic heterocycles. The Morgan fingerprint density at radius 3 is 2.40 bits per heavy atom. The largest absolute Gasteiger partial charge is 0.452 e. The van der Waals surface area contributed by atoms with Gasteiger partial charge < -0.3 is 9.64 Å². The number of carbonyl (C=O) groups excluding carboxylic acids is 1. The van der Waals surface area contributed by atoms with Crippen LogP contribution in [0.4, 0.5) is 23.2 Å². The maximum Gasteiger partial charge on any atom is 0.335 e. The Bertz CT molecular complexity index is 2050. The molecule has 0 atom stereocenters. The van der Waals surface area contributed by atoms with Crippen molar-refractivity contribution in [3.05, 3.63) is 117 Å². The minimum Gasteiger partial charge on any atom is -0.452 e. The Morgan fingerprint density at radius 1 is 0.978 bits per heavy atom. The number of carbonyl (C=O) groups is 1. The number of rotatable bonds is 8. The van der Waals surface area contributed by atoms with Crippen molar-refractivity contribution in [2.24, 2.45) is 0 Å². The Labute approximate surface area is 253 Å². The maximum atomic E-state index is 15.3. The molecular weight excluding hydrogens is 594 g/mol. The molecule has 0 unspecified atom stereocenters. The molecule has 5 aromatic rings. The molecule has 2 aromatic carbocycles. The number of hydrogen-bond acceptors (Lipinski definition) is 6. The van der Waals surface area contributed by atoms with Gasteiger partial charge in [0.1, 0.15) is 16.9 Å². The molecule has 0 bridgehead atoms. The van der Waals surface area contributed by atoms with E-state index in [-0.39, 0.29) is 47.7 Å². The van der Waals surface area contributed by atoms with E-state index >= 15 is 4.39 Å². The first-order valence-electron chi connectivity index (χ1n) is 14.1. The fourth-order valence-electron chi connectivity index (χ4n) is 5.28. The average Bonchev–Trinajstić information content (AvgIpc) is 3.61. The highest BCUT2D eigenvalue weighted by Gasteiger charge is 2.38. The summed E-state index contributed by atoms with van der Waals surface area (Å²) in [6.07, 6.45) is 3.64. The number of alkyl halides is 2. The van der Waals surface area contributed by atoms with Crippen LogP contribution in [0.25, 0.3) is 11.2 Å². The first-order valence-corrected chi connectivity index (χ1v) is 14.1. The van der Waals surface area contributed by atoms with Gasteiger partial charge in [-0.05, 0) is 61.9 Å². The number of halogens is 4. The summed E-state index contributed by atoms with van der Waals surface area (Å²) in [6, 6.07) is 11.4. The number of fused-ring (bicyclic) bond motifs is 1. The van der Waals surface area contributed by atoms with Gasteiger partial charge in [-0.2, -0.15) is 5.10 Å². The molecule has 0 radical (unpaired) electrons. The van der Waals surface area contributed by atoms with Crippen LogP contribution in [0.15, 0.2) is 82.8 Å². The zero-order valence-corrected chi connectivity index (χ0v) is 24.2. The third kappa shape index (κ3) is 5.85. The van der Waals surface area contributed by atoms with Gasteiger partial charge >= 0.3 is 5.69 Å². The van der Waals surface area contributed by atoms with Crippen LogP contribution in [0.3, 0.4) is 0 Å². The van der Waals surface area contributed by atoms with E-state index in [1.54, 1.807) is 32.2 Å². The Hall–Kier alpha value is -5.20. The summed E-state index contributed by atoms with van der Waals surface area (Å²) in [5.41, 5.74) is -0.605. The van der Waals surface area contributed by atoms with E-state index in [9.17, 15) is 27.6 Å². The van der Waals surface area contributed by atoms with Gasteiger partial charge in [-0.15, -0.1) is 0 Å². The molecular formula is C32H27F4N5O4. The summed E-state index contributed by atoms with van der Waals surface area (Å²) >= 11 is 0. The van der Waals surface area contributed by atoms with E-state index in [0.29, 0.717) is 11.2 Å². The fourth-order valence-corrected chi connectivity index (χ4v) is 5.28. The normalized spacial score (nSPS) is 14.4. The van der Waals surface area contributed by atoms with Crippen molar-refractivity contribution in [1.82, 2.24) is 18.7 Å². The van der Waals surface area contributed by atoms with Crippen molar-refractivity contribution in [3.63, 3.8) is 0 Å². The second-order valence-electron chi connectivity index (χ2n) is 11.2. The number of ether oxygens (including phenoxy) is 1. The second-order valence-corrected chi connectivity index (χ2v) is 11.2. The molecule has 4 heterocycles. The van der Waals surface area contributed by atoms with Gasteiger partial charge in [0.15, 0.2) is 23.1 Å². The van der Waals surface area contributed by atoms with Gasteiger partial charge in [-0.1, -0.05) is 6.07 Å². The highest BCUT2D eigenvalue weighted by atomic mass is 19.3. The van der Waals surface area contributed by atoms with E-state index in [1.807, 2.05) is 0 Å². The number of hydrogen-bond donors (Lipinski definition) is 0. The predicted octanol–water partition coefficient (Wildman–Crippen LogP) is 5.57. The van der Waals surface area contributed by atoms with Gasteiger partial charge in [-0.25, -0.2) is 31.4 Å². The van der Waals surface area contributed by atoms with Gasteiger partial charge in [0, 0.05) is 37.7 Å². The quantitative estimate of drug-likeness (QED) is 0.166. The molecule has 0 amide bonds. The summed E-state index contributed by atoms with van der Waals surface area (Å²) in [5.74, 6) is -4.82. The lowest BCUT2D eigenvalue weighted by Gasteiger charge is -2.20. The highest BCUT2D eigenvalue weighted by molar-refractivity contribution is 5.97. The molecule has 6 rings (SSSR count). The lowest BCUT2D eigenvalue weighted by Crippen LogP contribution is -2.42. The van der Waals surface area contributed by atoms with Crippen LogP contribution < -0.4 is 20.9 Å². The lowest BCUT2D eigenvalue weighted by molar-refractivity contribution is 0.0257. The summed E-state index contributed by atoms with van der Waals surface area (Å²) in [4.78, 5) is 41.3. The number of pyridine rings is 1. The number of anilines is 1. The minimum absolute atomic E-state index is 0.0952. The van der Waals surface area contributed by atoms with Gasteiger partial charge in [0.2, 0.25) is 0 Å². The highest BCUT2D eigenvalue weighted by Crippen LogP contribution is 2.36. The van der Waals surface area contributed by atoms with Crippen molar-refractivity contribution in [2.75, 3.05) is 18.0 Å². The molecule has 0 spiro atoms. The number of benzene rings is 2.